The summed E-state index contributed by atoms with van der Waals surface area (Å²) in [6, 6.07) is 0. The zero-order chi connectivity index (χ0) is 29.8. The highest BCUT2D eigenvalue weighted by Gasteiger charge is 2.67. The van der Waals surface area contributed by atoms with Gasteiger partial charge in [0.15, 0.2) is 0 Å². The number of esters is 2. The number of hydrogen-bond acceptors (Lipinski definition) is 5. The SMILES string of the molecule is CC(=O)O[C@H]1CC[C@]2(C)C3=CC[C@]4(C)[C@@H]([C@H](C)CC/C=C(/C)C(=O)O)C[C@H](OC(C)=O)[C@@]4(C)C3=CC[C@H]2C1(C)C. The molecule has 0 aromatic carbocycles. The average molecular weight is 555 g/mol. The minimum atomic E-state index is -0.867. The number of fused-ring (bicyclic) bond motifs is 5. The first-order chi connectivity index (χ1) is 18.5. The second kappa shape index (κ2) is 10.5. The monoisotopic (exact) mass is 554 g/mol. The normalized spacial score (nSPS) is 39.1. The average Bonchev–Trinajstić information content (AvgIpc) is 3.07. The van der Waals surface area contributed by atoms with Gasteiger partial charge in [0.2, 0.25) is 0 Å². The van der Waals surface area contributed by atoms with Gasteiger partial charge in [0.1, 0.15) is 12.2 Å². The molecule has 2 fully saturated rings. The summed E-state index contributed by atoms with van der Waals surface area (Å²) in [4.78, 5) is 35.6. The smallest absolute Gasteiger partial charge is 0.330 e. The Balaban J connectivity index is 1.71. The molecule has 0 bridgehead atoms. The molecule has 0 radical (unpaired) electrons. The molecule has 1 N–H and O–H groups in total. The van der Waals surface area contributed by atoms with E-state index in [0.717, 1.165) is 44.9 Å². The predicted molar refractivity (Wildman–Crippen MR) is 155 cm³/mol. The third-order valence-corrected chi connectivity index (χ3v) is 12.0. The third kappa shape index (κ3) is 4.67. The van der Waals surface area contributed by atoms with E-state index in [4.69, 9.17) is 9.47 Å². The lowest BCUT2D eigenvalue weighted by atomic mass is 9.44. The zero-order valence-corrected chi connectivity index (χ0v) is 26.1. The van der Waals surface area contributed by atoms with Crippen molar-refractivity contribution < 1.29 is 29.0 Å². The lowest BCUT2D eigenvalue weighted by molar-refractivity contribution is -0.166. The summed E-state index contributed by atoms with van der Waals surface area (Å²) in [5, 5.41) is 9.25. The minimum Gasteiger partial charge on any atom is -0.478 e. The molecule has 40 heavy (non-hydrogen) atoms. The van der Waals surface area contributed by atoms with Gasteiger partial charge in [-0.2, -0.15) is 0 Å². The molecule has 6 heteroatoms. The number of aliphatic carboxylic acids is 1. The quantitative estimate of drug-likeness (QED) is 0.260. The molecule has 2 saturated carbocycles. The Morgan fingerprint density at radius 1 is 1.00 bits per heavy atom. The molecule has 6 nitrogen and oxygen atoms in total. The van der Waals surface area contributed by atoms with E-state index in [1.54, 1.807) is 6.92 Å². The van der Waals surface area contributed by atoms with Gasteiger partial charge in [0.05, 0.1) is 0 Å². The summed E-state index contributed by atoms with van der Waals surface area (Å²) in [5.74, 6) is -0.286. The van der Waals surface area contributed by atoms with Gasteiger partial charge in [-0.05, 0) is 91.6 Å². The fraction of sp³-hybridized carbons (Fsp3) is 0.735. The number of carboxylic acid groups (broad SMARTS) is 1. The second-order valence-corrected chi connectivity index (χ2v) is 14.4. The maximum atomic E-state index is 12.4. The van der Waals surface area contributed by atoms with Crippen LogP contribution in [0.25, 0.3) is 0 Å². The number of carbonyl (C=O) groups excluding carboxylic acids is 2. The van der Waals surface area contributed by atoms with Gasteiger partial charge < -0.3 is 14.6 Å². The third-order valence-electron chi connectivity index (χ3n) is 12.0. The van der Waals surface area contributed by atoms with Crippen molar-refractivity contribution in [3.05, 3.63) is 34.9 Å². The number of carbonyl (C=O) groups is 3. The minimum absolute atomic E-state index is 0.0435. The summed E-state index contributed by atoms with van der Waals surface area (Å²) >= 11 is 0. The zero-order valence-electron chi connectivity index (χ0n) is 26.1. The van der Waals surface area contributed by atoms with Crippen molar-refractivity contribution in [2.24, 2.45) is 39.4 Å². The van der Waals surface area contributed by atoms with E-state index < -0.39 is 5.97 Å². The summed E-state index contributed by atoms with van der Waals surface area (Å²) < 4.78 is 12.0. The van der Waals surface area contributed by atoms with Crippen LogP contribution in [0.4, 0.5) is 0 Å². The predicted octanol–water partition coefficient (Wildman–Crippen LogP) is 7.43. The molecule has 0 spiro atoms. The van der Waals surface area contributed by atoms with Crippen LogP contribution in [0.3, 0.4) is 0 Å². The van der Waals surface area contributed by atoms with E-state index >= 15 is 0 Å². The Bertz CT molecular complexity index is 1160. The summed E-state index contributed by atoms with van der Waals surface area (Å²) in [6.07, 6.45) is 12.5. The Kier molecular flexibility index (Phi) is 8.01. The second-order valence-electron chi connectivity index (χ2n) is 14.4. The Labute approximate surface area is 240 Å². The van der Waals surface area contributed by atoms with E-state index in [2.05, 4.69) is 53.7 Å². The summed E-state index contributed by atoms with van der Waals surface area (Å²) in [7, 11) is 0. The van der Waals surface area contributed by atoms with Crippen LogP contribution in [-0.2, 0) is 23.9 Å². The highest BCUT2D eigenvalue weighted by atomic mass is 16.5. The molecule has 8 atom stereocenters. The van der Waals surface area contributed by atoms with E-state index in [9.17, 15) is 19.5 Å². The standard InChI is InChI=1S/C34H50O6/c1-20(11-10-12-21(2)30(37)38)26-19-29(40-23(4)36)34(9)25-13-14-27-31(5,6)28(39-22(3)35)16-17-32(27,7)24(25)15-18-33(26,34)8/h12-13,15,20,26-29H,10-11,14,16-19H2,1-9H3,(H,37,38)/b21-12-/t20-,26-,27+,28+,29+,32-,33-,34-/m1/s1. The van der Waals surface area contributed by atoms with Crippen molar-refractivity contribution in [2.45, 2.75) is 119 Å². The summed E-state index contributed by atoms with van der Waals surface area (Å²) in [5.41, 5.74) is 2.53. The van der Waals surface area contributed by atoms with Crippen LogP contribution < -0.4 is 0 Å². The van der Waals surface area contributed by atoms with E-state index in [1.807, 2.05) is 6.08 Å². The van der Waals surface area contributed by atoms with Crippen LogP contribution >= 0.6 is 0 Å². The molecule has 0 aromatic rings. The van der Waals surface area contributed by atoms with Crippen LogP contribution in [0.5, 0.6) is 0 Å². The number of carboxylic acids is 1. The highest BCUT2D eigenvalue weighted by molar-refractivity contribution is 5.85. The molecule has 0 amide bonds. The van der Waals surface area contributed by atoms with Crippen molar-refractivity contribution in [1.29, 1.82) is 0 Å². The lowest BCUT2D eigenvalue weighted by Gasteiger charge is -2.61. The molecule has 0 aromatic heterocycles. The first-order valence-corrected chi connectivity index (χ1v) is 15.2. The van der Waals surface area contributed by atoms with Crippen LogP contribution in [-0.4, -0.2) is 35.2 Å². The van der Waals surface area contributed by atoms with E-state index in [1.165, 1.54) is 25.0 Å². The molecule has 4 aliphatic carbocycles. The van der Waals surface area contributed by atoms with Gasteiger partial charge in [-0.15, -0.1) is 0 Å². The lowest BCUT2D eigenvalue weighted by Crippen LogP contribution is -2.56. The van der Waals surface area contributed by atoms with Gasteiger partial charge in [-0.1, -0.05) is 59.8 Å². The maximum Gasteiger partial charge on any atom is 0.330 e. The van der Waals surface area contributed by atoms with Gasteiger partial charge in [-0.25, -0.2) is 4.79 Å². The van der Waals surface area contributed by atoms with Gasteiger partial charge >= 0.3 is 17.9 Å². The van der Waals surface area contributed by atoms with E-state index in [-0.39, 0.29) is 45.8 Å². The highest BCUT2D eigenvalue weighted by Crippen LogP contribution is 2.72. The van der Waals surface area contributed by atoms with Crippen molar-refractivity contribution in [2.75, 3.05) is 0 Å². The van der Waals surface area contributed by atoms with Gasteiger partial charge in [0, 0.05) is 30.3 Å². The van der Waals surface area contributed by atoms with Crippen molar-refractivity contribution in [3.8, 4) is 0 Å². The molecule has 4 rings (SSSR count). The number of hydrogen-bond donors (Lipinski definition) is 1. The van der Waals surface area contributed by atoms with Crippen molar-refractivity contribution in [3.63, 3.8) is 0 Å². The molecule has 0 unspecified atom stereocenters. The Morgan fingerprint density at radius 2 is 1.62 bits per heavy atom. The first kappa shape index (κ1) is 30.6. The molecular weight excluding hydrogens is 504 g/mol. The molecule has 0 aliphatic heterocycles. The fourth-order valence-corrected chi connectivity index (χ4v) is 9.52. The topological polar surface area (TPSA) is 89.9 Å². The van der Waals surface area contributed by atoms with Crippen LogP contribution in [0.2, 0.25) is 0 Å². The van der Waals surface area contributed by atoms with E-state index in [0.29, 0.717) is 23.3 Å². The van der Waals surface area contributed by atoms with Crippen LogP contribution in [0.15, 0.2) is 34.9 Å². The molecule has 4 aliphatic rings. The molecule has 222 valence electrons. The first-order valence-electron chi connectivity index (χ1n) is 15.2. The number of ether oxygens (including phenoxy) is 2. The number of allylic oxidation sites excluding steroid dienone is 4. The largest absolute Gasteiger partial charge is 0.478 e. The van der Waals surface area contributed by atoms with Crippen molar-refractivity contribution in [1.82, 2.24) is 0 Å². The number of rotatable bonds is 7. The van der Waals surface area contributed by atoms with Gasteiger partial charge in [-0.3, -0.25) is 9.59 Å². The molecule has 0 heterocycles. The maximum absolute atomic E-state index is 12.4. The van der Waals surface area contributed by atoms with Crippen LogP contribution in [0.1, 0.15) is 107 Å². The molecular formula is C34H50O6. The Hall–Kier alpha value is -2.37. The fourth-order valence-electron chi connectivity index (χ4n) is 9.52. The van der Waals surface area contributed by atoms with Crippen molar-refractivity contribution >= 4 is 17.9 Å². The summed E-state index contributed by atoms with van der Waals surface area (Å²) in [6.45, 7) is 18.6. The van der Waals surface area contributed by atoms with Crippen LogP contribution in [0, 0.1) is 39.4 Å². The molecule has 0 saturated heterocycles. The van der Waals surface area contributed by atoms with Gasteiger partial charge in [0.25, 0.3) is 0 Å². The Morgan fingerprint density at radius 3 is 2.23 bits per heavy atom.